The van der Waals surface area contributed by atoms with E-state index in [-0.39, 0.29) is 18.2 Å². The molecule has 1 heterocycles. The summed E-state index contributed by atoms with van der Waals surface area (Å²) >= 11 is 0. The van der Waals surface area contributed by atoms with Gasteiger partial charge in [-0.15, -0.1) is 0 Å². The normalized spacial score (nSPS) is 16.4. The van der Waals surface area contributed by atoms with Gasteiger partial charge < -0.3 is 19.7 Å². The van der Waals surface area contributed by atoms with Crippen LogP contribution in [-0.2, 0) is 9.59 Å². The maximum absolute atomic E-state index is 12.7. The van der Waals surface area contributed by atoms with E-state index in [0.29, 0.717) is 23.7 Å². The van der Waals surface area contributed by atoms with Gasteiger partial charge in [-0.3, -0.25) is 9.59 Å². The van der Waals surface area contributed by atoms with Gasteiger partial charge in [-0.1, -0.05) is 12.1 Å². The molecule has 0 radical (unpaired) electrons. The number of aryl methyl sites for hydroxylation is 1. The number of carbonyl (C=O) groups is 2. The first-order chi connectivity index (χ1) is 12.9. The van der Waals surface area contributed by atoms with Crippen molar-refractivity contribution in [2.75, 3.05) is 31.0 Å². The zero-order valence-corrected chi connectivity index (χ0v) is 16.0. The predicted octanol–water partition coefficient (Wildman–Crippen LogP) is 3.31. The van der Waals surface area contributed by atoms with Crippen LogP contribution in [0.15, 0.2) is 36.4 Å². The lowest BCUT2D eigenvalue weighted by atomic mass is 10.1. The Balaban J connectivity index is 1.79. The molecule has 0 aliphatic carbocycles. The van der Waals surface area contributed by atoms with Crippen LogP contribution in [-0.4, -0.2) is 32.6 Å². The molecule has 2 aromatic carbocycles. The number of hydrogen-bond donors (Lipinski definition) is 1. The fraction of sp³-hybridized carbons (Fsp3) is 0.333. The highest BCUT2D eigenvalue weighted by molar-refractivity contribution is 6.04. The van der Waals surface area contributed by atoms with Crippen molar-refractivity contribution in [3.8, 4) is 11.5 Å². The number of rotatable bonds is 5. The molecule has 2 aromatic rings. The van der Waals surface area contributed by atoms with Gasteiger partial charge in [-0.05, 0) is 43.2 Å². The smallest absolute Gasteiger partial charge is 0.229 e. The molecule has 142 valence electrons. The topological polar surface area (TPSA) is 67.9 Å². The summed E-state index contributed by atoms with van der Waals surface area (Å²) in [5.41, 5.74) is 3.54. The third-order valence-corrected chi connectivity index (χ3v) is 5.04. The molecule has 0 bridgehead atoms. The summed E-state index contributed by atoms with van der Waals surface area (Å²) in [5.74, 6) is 0.513. The van der Waals surface area contributed by atoms with Crippen LogP contribution < -0.4 is 19.7 Å². The number of hydrogen-bond acceptors (Lipinski definition) is 4. The van der Waals surface area contributed by atoms with Crippen LogP contribution in [0.25, 0.3) is 0 Å². The van der Waals surface area contributed by atoms with Gasteiger partial charge in [0.25, 0.3) is 0 Å². The zero-order chi connectivity index (χ0) is 19.6. The molecule has 1 atom stereocenters. The quantitative estimate of drug-likeness (QED) is 0.879. The van der Waals surface area contributed by atoms with E-state index in [4.69, 9.17) is 9.47 Å². The fourth-order valence-electron chi connectivity index (χ4n) is 3.25. The number of nitrogens with one attached hydrogen (secondary N) is 1. The van der Waals surface area contributed by atoms with Crippen LogP contribution in [0.3, 0.4) is 0 Å². The van der Waals surface area contributed by atoms with Gasteiger partial charge in [0, 0.05) is 24.7 Å². The molecular formula is C21H24N2O4. The van der Waals surface area contributed by atoms with E-state index in [1.807, 2.05) is 32.0 Å². The van der Waals surface area contributed by atoms with Crippen molar-refractivity contribution in [2.45, 2.75) is 20.3 Å². The molecule has 6 nitrogen and oxygen atoms in total. The summed E-state index contributed by atoms with van der Waals surface area (Å²) in [6.45, 7) is 4.28. The highest BCUT2D eigenvalue weighted by Crippen LogP contribution is 2.36. The van der Waals surface area contributed by atoms with Gasteiger partial charge in [0.15, 0.2) is 0 Å². The molecule has 1 fully saturated rings. The van der Waals surface area contributed by atoms with E-state index in [1.54, 1.807) is 37.3 Å². The minimum absolute atomic E-state index is 0.109. The molecule has 0 saturated carbocycles. The van der Waals surface area contributed by atoms with Gasteiger partial charge in [-0.25, -0.2) is 0 Å². The largest absolute Gasteiger partial charge is 0.497 e. The fourth-order valence-corrected chi connectivity index (χ4v) is 3.25. The van der Waals surface area contributed by atoms with Crippen molar-refractivity contribution in [3.05, 3.63) is 47.5 Å². The Morgan fingerprint density at radius 3 is 2.63 bits per heavy atom. The Hall–Kier alpha value is -3.02. The van der Waals surface area contributed by atoms with Crippen molar-refractivity contribution in [1.82, 2.24) is 0 Å². The highest BCUT2D eigenvalue weighted by atomic mass is 16.5. The number of amides is 2. The Morgan fingerprint density at radius 2 is 1.93 bits per heavy atom. The second kappa shape index (κ2) is 7.70. The number of anilines is 2. The molecule has 1 aliphatic rings. The highest BCUT2D eigenvalue weighted by Gasteiger charge is 2.36. The van der Waals surface area contributed by atoms with E-state index in [0.717, 1.165) is 16.8 Å². The molecule has 1 N–H and O–H groups in total. The van der Waals surface area contributed by atoms with E-state index >= 15 is 0 Å². The summed E-state index contributed by atoms with van der Waals surface area (Å²) in [5, 5.41) is 2.96. The van der Waals surface area contributed by atoms with Crippen LogP contribution in [0.2, 0.25) is 0 Å². The van der Waals surface area contributed by atoms with E-state index < -0.39 is 5.92 Å². The lowest BCUT2D eigenvalue weighted by Crippen LogP contribution is -2.28. The SMILES string of the molecule is COc1ccc(OC)c(N2C[C@H](C(=O)Nc3cccc(C)c3C)CC2=O)c1. The summed E-state index contributed by atoms with van der Waals surface area (Å²) in [6, 6.07) is 11.1. The van der Waals surface area contributed by atoms with Crippen LogP contribution in [0.5, 0.6) is 11.5 Å². The van der Waals surface area contributed by atoms with E-state index in [9.17, 15) is 9.59 Å². The maximum Gasteiger partial charge on any atom is 0.229 e. The monoisotopic (exact) mass is 368 g/mol. The van der Waals surface area contributed by atoms with E-state index in [2.05, 4.69) is 5.32 Å². The molecule has 1 saturated heterocycles. The molecule has 27 heavy (non-hydrogen) atoms. The van der Waals surface area contributed by atoms with Crippen LogP contribution in [0.4, 0.5) is 11.4 Å². The third kappa shape index (κ3) is 3.74. The Morgan fingerprint density at radius 1 is 1.15 bits per heavy atom. The second-order valence-corrected chi connectivity index (χ2v) is 6.68. The minimum Gasteiger partial charge on any atom is -0.497 e. The molecule has 3 rings (SSSR count). The standard InChI is InChI=1S/C21H24N2O4/c1-13-6-5-7-17(14(13)2)22-21(25)15-10-20(24)23(12-15)18-11-16(26-3)8-9-19(18)27-4/h5-9,11,15H,10,12H2,1-4H3,(H,22,25)/t15-/m1/s1. The number of methoxy groups -OCH3 is 2. The van der Waals surface area contributed by atoms with E-state index in [1.165, 1.54) is 0 Å². The lowest BCUT2D eigenvalue weighted by molar-refractivity contribution is -0.122. The number of nitrogens with zero attached hydrogens (tertiary/aromatic N) is 1. The van der Waals surface area contributed by atoms with Gasteiger partial charge >= 0.3 is 0 Å². The summed E-state index contributed by atoms with van der Waals surface area (Å²) in [6.07, 6.45) is 0.164. The number of carbonyl (C=O) groups excluding carboxylic acids is 2. The Kier molecular flexibility index (Phi) is 5.35. The van der Waals surface area contributed by atoms with Crippen LogP contribution >= 0.6 is 0 Å². The van der Waals surface area contributed by atoms with Gasteiger partial charge in [-0.2, -0.15) is 0 Å². The van der Waals surface area contributed by atoms with Crippen molar-refractivity contribution in [2.24, 2.45) is 5.92 Å². The summed E-state index contributed by atoms with van der Waals surface area (Å²) in [4.78, 5) is 26.9. The van der Waals surface area contributed by atoms with Gasteiger partial charge in [0.2, 0.25) is 11.8 Å². The zero-order valence-electron chi connectivity index (χ0n) is 16.0. The first-order valence-electron chi connectivity index (χ1n) is 8.84. The summed E-state index contributed by atoms with van der Waals surface area (Å²) < 4.78 is 10.6. The van der Waals surface area contributed by atoms with Crippen molar-refractivity contribution in [3.63, 3.8) is 0 Å². The Bertz CT molecular complexity index is 878. The number of ether oxygens (including phenoxy) is 2. The molecule has 0 spiro atoms. The summed E-state index contributed by atoms with van der Waals surface area (Å²) in [7, 11) is 3.12. The maximum atomic E-state index is 12.7. The van der Waals surface area contributed by atoms with Crippen molar-refractivity contribution < 1.29 is 19.1 Å². The number of benzene rings is 2. The predicted molar refractivity (Wildman–Crippen MR) is 105 cm³/mol. The molecule has 6 heteroatoms. The lowest BCUT2D eigenvalue weighted by Gasteiger charge is -2.20. The average molecular weight is 368 g/mol. The molecule has 0 unspecified atom stereocenters. The first kappa shape index (κ1) is 18.8. The molecule has 0 aromatic heterocycles. The van der Waals surface area contributed by atoms with Crippen LogP contribution in [0.1, 0.15) is 17.5 Å². The third-order valence-electron chi connectivity index (χ3n) is 5.04. The molecule has 1 aliphatic heterocycles. The van der Waals surface area contributed by atoms with Crippen molar-refractivity contribution in [1.29, 1.82) is 0 Å². The van der Waals surface area contributed by atoms with Gasteiger partial charge in [0.05, 0.1) is 25.8 Å². The molecule has 2 amide bonds. The minimum atomic E-state index is -0.423. The first-order valence-corrected chi connectivity index (χ1v) is 8.84. The average Bonchev–Trinajstić information content (AvgIpc) is 3.06. The molecular weight excluding hydrogens is 344 g/mol. The van der Waals surface area contributed by atoms with Crippen LogP contribution in [0, 0.1) is 19.8 Å². The Labute approximate surface area is 159 Å². The van der Waals surface area contributed by atoms with Gasteiger partial charge in [0.1, 0.15) is 11.5 Å². The van der Waals surface area contributed by atoms with Crippen molar-refractivity contribution >= 4 is 23.2 Å². The second-order valence-electron chi connectivity index (χ2n) is 6.68.